The molecule has 3 saturated carbocycles. The van der Waals surface area contributed by atoms with E-state index in [4.69, 9.17) is 0 Å². The summed E-state index contributed by atoms with van der Waals surface area (Å²) in [6.45, 7) is 0. The summed E-state index contributed by atoms with van der Waals surface area (Å²) >= 11 is 1.41. The molecule has 1 heterocycles. The van der Waals surface area contributed by atoms with Gasteiger partial charge in [-0.25, -0.2) is 4.39 Å². The van der Waals surface area contributed by atoms with Gasteiger partial charge in [-0.15, -0.1) is 10.2 Å². The molecule has 1 aromatic heterocycles. The van der Waals surface area contributed by atoms with Gasteiger partial charge in [-0.3, -0.25) is 9.36 Å². The van der Waals surface area contributed by atoms with Gasteiger partial charge < -0.3 is 5.32 Å². The number of nitrogens with zero attached hydrogens (tertiary/aromatic N) is 3. The lowest BCUT2D eigenvalue weighted by Gasteiger charge is -2.17. The Balaban J connectivity index is 1.29. The quantitative estimate of drug-likeness (QED) is 0.701. The van der Waals surface area contributed by atoms with Crippen LogP contribution in [-0.2, 0) is 4.79 Å². The highest BCUT2D eigenvalue weighted by molar-refractivity contribution is 7.99. The molecule has 0 radical (unpaired) electrons. The van der Waals surface area contributed by atoms with Crippen molar-refractivity contribution < 1.29 is 9.18 Å². The minimum absolute atomic E-state index is 0.0709. The Labute approximate surface area is 162 Å². The molecule has 5 rings (SSSR count). The van der Waals surface area contributed by atoms with Gasteiger partial charge in [0.1, 0.15) is 5.82 Å². The van der Waals surface area contributed by atoms with E-state index >= 15 is 0 Å². The van der Waals surface area contributed by atoms with Crippen LogP contribution in [0.25, 0.3) is 11.4 Å². The summed E-state index contributed by atoms with van der Waals surface area (Å²) in [5.74, 6) is 2.05. The Morgan fingerprint density at radius 2 is 1.85 bits per heavy atom. The number of carbonyl (C=O) groups is 1. The third kappa shape index (κ3) is 3.74. The van der Waals surface area contributed by atoms with Gasteiger partial charge in [0.2, 0.25) is 5.91 Å². The highest BCUT2D eigenvalue weighted by Gasteiger charge is 2.42. The Bertz CT molecular complexity index is 845. The zero-order valence-corrected chi connectivity index (χ0v) is 15.9. The molecule has 0 unspecified atom stereocenters. The van der Waals surface area contributed by atoms with E-state index in [0.717, 1.165) is 12.8 Å². The first-order valence-corrected chi connectivity index (χ1v) is 10.8. The van der Waals surface area contributed by atoms with E-state index in [2.05, 4.69) is 15.5 Å². The van der Waals surface area contributed by atoms with Crippen LogP contribution in [0.4, 0.5) is 4.39 Å². The first kappa shape index (κ1) is 17.2. The second-order valence-corrected chi connectivity index (χ2v) is 8.89. The first-order chi connectivity index (χ1) is 13.2. The van der Waals surface area contributed by atoms with Crippen molar-refractivity contribution in [3.63, 3.8) is 0 Å². The Kier molecular flexibility index (Phi) is 4.42. The number of thioether (sulfide) groups is 1. The molecular weight excluding hydrogens is 363 g/mol. The molecule has 7 heteroatoms. The number of hydrogen-bond acceptors (Lipinski definition) is 4. The molecule has 3 aliphatic rings. The number of nitrogens with one attached hydrogen (secondary N) is 1. The molecular formula is C20H23FN4OS. The van der Waals surface area contributed by atoms with Crippen molar-refractivity contribution in [1.29, 1.82) is 0 Å². The number of rotatable bonds is 8. The van der Waals surface area contributed by atoms with Crippen molar-refractivity contribution in [2.45, 2.75) is 55.8 Å². The summed E-state index contributed by atoms with van der Waals surface area (Å²) in [6.07, 6.45) is 7.08. The summed E-state index contributed by atoms with van der Waals surface area (Å²) in [4.78, 5) is 12.5. The van der Waals surface area contributed by atoms with E-state index in [1.54, 1.807) is 18.2 Å². The molecule has 0 spiro atoms. The molecule has 0 saturated heterocycles. The van der Waals surface area contributed by atoms with E-state index in [9.17, 15) is 9.18 Å². The molecule has 2 aromatic rings. The zero-order valence-electron chi connectivity index (χ0n) is 15.1. The summed E-state index contributed by atoms with van der Waals surface area (Å²) < 4.78 is 16.2. The lowest BCUT2D eigenvalue weighted by atomic mass is 10.1. The smallest absolute Gasteiger partial charge is 0.230 e. The van der Waals surface area contributed by atoms with Crippen molar-refractivity contribution >= 4 is 17.7 Å². The molecule has 1 aromatic carbocycles. The fourth-order valence-corrected chi connectivity index (χ4v) is 4.57. The van der Waals surface area contributed by atoms with Gasteiger partial charge in [0.15, 0.2) is 11.0 Å². The molecule has 5 nitrogen and oxygen atoms in total. The van der Waals surface area contributed by atoms with Gasteiger partial charge in [-0.2, -0.15) is 0 Å². The molecule has 0 aliphatic heterocycles. The van der Waals surface area contributed by atoms with Crippen LogP contribution in [0, 0.1) is 17.7 Å². The maximum Gasteiger partial charge on any atom is 0.230 e. The maximum atomic E-state index is 14.2. The Morgan fingerprint density at radius 3 is 2.48 bits per heavy atom. The molecule has 3 aliphatic carbocycles. The van der Waals surface area contributed by atoms with Gasteiger partial charge in [0.25, 0.3) is 0 Å². The van der Waals surface area contributed by atoms with Crippen LogP contribution in [-0.4, -0.2) is 32.5 Å². The molecule has 3 fully saturated rings. The van der Waals surface area contributed by atoms with Gasteiger partial charge in [0, 0.05) is 12.1 Å². The van der Waals surface area contributed by atoms with Crippen LogP contribution in [0.1, 0.15) is 44.6 Å². The highest BCUT2D eigenvalue weighted by atomic mass is 32.2. The maximum absolute atomic E-state index is 14.2. The topological polar surface area (TPSA) is 59.8 Å². The second kappa shape index (κ2) is 6.93. The molecule has 142 valence electrons. The fourth-order valence-electron chi connectivity index (χ4n) is 3.75. The average Bonchev–Trinajstić information content (AvgIpc) is 3.53. The van der Waals surface area contributed by atoms with Crippen LogP contribution in [0.5, 0.6) is 0 Å². The summed E-state index contributed by atoms with van der Waals surface area (Å²) in [7, 11) is 0. The SMILES string of the molecule is O=C(CSc1nnc(-c2ccccc2F)n1C1CC1)NC(C1CC1)C1CC1. The predicted molar refractivity (Wildman–Crippen MR) is 102 cm³/mol. The van der Waals surface area contributed by atoms with Crippen molar-refractivity contribution in [3.05, 3.63) is 30.1 Å². The van der Waals surface area contributed by atoms with Crippen molar-refractivity contribution in [2.24, 2.45) is 11.8 Å². The Hall–Kier alpha value is -1.89. The third-order valence-electron chi connectivity index (χ3n) is 5.61. The van der Waals surface area contributed by atoms with Gasteiger partial charge in [-0.1, -0.05) is 23.9 Å². The van der Waals surface area contributed by atoms with Crippen molar-refractivity contribution in [2.75, 3.05) is 5.75 Å². The van der Waals surface area contributed by atoms with Crippen molar-refractivity contribution in [3.8, 4) is 11.4 Å². The largest absolute Gasteiger partial charge is 0.352 e. The normalized spacial score (nSPS) is 19.5. The van der Waals surface area contributed by atoms with E-state index < -0.39 is 0 Å². The number of benzene rings is 1. The number of halogens is 1. The molecule has 0 bridgehead atoms. The monoisotopic (exact) mass is 386 g/mol. The minimum Gasteiger partial charge on any atom is -0.352 e. The second-order valence-electron chi connectivity index (χ2n) is 7.94. The number of hydrogen-bond donors (Lipinski definition) is 1. The number of aromatic nitrogens is 3. The number of amides is 1. The van der Waals surface area contributed by atoms with Crippen LogP contribution in [0.2, 0.25) is 0 Å². The van der Waals surface area contributed by atoms with Crippen LogP contribution >= 0.6 is 11.8 Å². The van der Waals surface area contributed by atoms with Crippen LogP contribution in [0.3, 0.4) is 0 Å². The predicted octanol–water partition coefficient (Wildman–Crippen LogP) is 3.82. The average molecular weight is 386 g/mol. The van der Waals surface area contributed by atoms with Crippen LogP contribution < -0.4 is 5.32 Å². The molecule has 0 atom stereocenters. The van der Waals surface area contributed by atoms with E-state index in [-0.39, 0.29) is 11.7 Å². The number of carbonyl (C=O) groups excluding carboxylic acids is 1. The third-order valence-corrected chi connectivity index (χ3v) is 6.55. The summed E-state index contributed by atoms with van der Waals surface area (Å²) in [6, 6.07) is 7.33. The molecule has 1 amide bonds. The summed E-state index contributed by atoms with van der Waals surface area (Å²) in [5.41, 5.74) is 0.468. The lowest BCUT2D eigenvalue weighted by Crippen LogP contribution is -2.39. The van der Waals surface area contributed by atoms with E-state index in [1.165, 1.54) is 43.5 Å². The molecule has 1 N–H and O–H groups in total. The zero-order chi connectivity index (χ0) is 18.4. The Morgan fingerprint density at radius 1 is 1.15 bits per heavy atom. The highest BCUT2D eigenvalue weighted by Crippen LogP contribution is 2.45. The van der Waals surface area contributed by atoms with Crippen molar-refractivity contribution in [1.82, 2.24) is 20.1 Å². The van der Waals surface area contributed by atoms with E-state index in [0.29, 0.717) is 46.2 Å². The summed E-state index contributed by atoms with van der Waals surface area (Å²) in [5, 5.41) is 12.5. The molecule has 27 heavy (non-hydrogen) atoms. The minimum atomic E-state index is -0.294. The van der Waals surface area contributed by atoms with E-state index in [1.807, 2.05) is 4.57 Å². The first-order valence-electron chi connectivity index (χ1n) is 9.82. The van der Waals surface area contributed by atoms with Crippen LogP contribution in [0.15, 0.2) is 29.4 Å². The standard InChI is InChI=1S/C20H23FN4OS/c21-16-4-2-1-3-15(16)19-23-24-20(25(19)14-9-10-14)27-11-17(26)22-18(12-5-6-12)13-7-8-13/h1-4,12-14,18H,5-11H2,(H,22,26). The van der Waals surface area contributed by atoms with Gasteiger partial charge >= 0.3 is 0 Å². The van der Waals surface area contributed by atoms with Gasteiger partial charge in [-0.05, 0) is 62.5 Å². The van der Waals surface area contributed by atoms with Gasteiger partial charge in [0.05, 0.1) is 11.3 Å². The lowest BCUT2D eigenvalue weighted by molar-refractivity contribution is -0.119. The fraction of sp³-hybridized carbons (Fsp3) is 0.550.